The van der Waals surface area contributed by atoms with Crippen LogP contribution in [0.15, 0.2) is 41.5 Å². The lowest BCUT2D eigenvalue weighted by Gasteiger charge is -2.24. The van der Waals surface area contributed by atoms with E-state index < -0.39 is 12.0 Å². The highest BCUT2D eigenvalue weighted by molar-refractivity contribution is 6.33. The van der Waals surface area contributed by atoms with Gasteiger partial charge in [-0.3, -0.25) is 4.79 Å². The third-order valence-electron chi connectivity index (χ3n) is 3.67. The van der Waals surface area contributed by atoms with Gasteiger partial charge in [0.25, 0.3) is 5.91 Å². The number of halogens is 1. The number of rotatable bonds is 3. The molecule has 1 amide bonds. The van der Waals surface area contributed by atoms with Crippen LogP contribution in [0.3, 0.4) is 0 Å². The summed E-state index contributed by atoms with van der Waals surface area (Å²) >= 11 is 6.14. The maximum absolute atomic E-state index is 12.2. The quantitative estimate of drug-likeness (QED) is 0.671. The summed E-state index contributed by atoms with van der Waals surface area (Å²) in [6, 6.07) is 10.5. The van der Waals surface area contributed by atoms with Gasteiger partial charge in [0.1, 0.15) is 6.61 Å². The molecule has 25 heavy (non-hydrogen) atoms. The Morgan fingerprint density at radius 1 is 1.12 bits per heavy atom. The Morgan fingerprint density at radius 2 is 1.88 bits per heavy atom. The largest absolute Gasteiger partial charge is 0.485 e. The van der Waals surface area contributed by atoms with Crippen LogP contribution in [0, 0.1) is 0 Å². The maximum atomic E-state index is 12.2. The molecule has 0 spiro atoms. The summed E-state index contributed by atoms with van der Waals surface area (Å²) in [5.41, 5.74) is 3.02. The lowest BCUT2D eigenvalue weighted by Crippen LogP contribution is -2.42. The number of nitrogens with one attached hydrogen (secondary N) is 1. The van der Waals surface area contributed by atoms with Crippen LogP contribution in [0.4, 0.5) is 0 Å². The predicted octanol–water partition coefficient (Wildman–Crippen LogP) is 2.36. The molecule has 4 rings (SSSR count). The first kappa shape index (κ1) is 15.6. The minimum Gasteiger partial charge on any atom is -0.485 e. The van der Waals surface area contributed by atoms with Gasteiger partial charge >= 0.3 is 0 Å². The fraction of sp³-hybridized carbons (Fsp3) is 0.176. The van der Waals surface area contributed by atoms with Crippen molar-refractivity contribution in [2.75, 3.05) is 13.4 Å². The van der Waals surface area contributed by atoms with Crippen molar-refractivity contribution in [3.8, 4) is 23.0 Å². The number of nitrogens with zero attached hydrogens (tertiary/aromatic N) is 1. The Hall–Kier alpha value is -2.93. The Kier molecular flexibility index (Phi) is 4.07. The van der Waals surface area contributed by atoms with E-state index in [0.29, 0.717) is 33.6 Å². The molecule has 0 fully saturated rings. The number of fused-ring (bicyclic) bond motifs is 2. The van der Waals surface area contributed by atoms with Gasteiger partial charge < -0.3 is 18.9 Å². The molecule has 0 aromatic heterocycles. The van der Waals surface area contributed by atoms with E-state index in [9.17, 15) is 4.79 Å². The van der Waals surface area contributed by atoms with Gasteiger partial charge in [-0.05, 0) is 18.2 Å². The number of ether oxygens (including phenoxy) is 4. The number of hydrogen-bond acceptors (Lipinski definition) is 6. The number of benzene rings is 2. The van der Waals surface area contributed by atoms with Crippen molar-refractivity contribution >= 4 is 23.7 Å². The molecule has 7 nitrogen and oxygen atoms in total. The van der Waals surface area contributed by atoms with Gasteiger partial charge in [0, 0.05) is 11.6 Å². The van der Waals surface area contributed by atoms with E-state index in [1.807, 2.05) is 12.1 Å². The van der Waals surface area contributed by atoms with Crippen LogP contribution < -0.4 is 24.4 Å². The third kappa shape index (κ3) is 3.18. The van der Waals surface area contributed by atoms with Gasteiger partial charge in [-0.1, -0.05) is 23.7 Å². The van der Waals surface area contributed by atoms with E-state index in [1.165, 1.54) is 6.21 Å². The number of para-hydroxylation sites is 2. The molecule has 1 atom stereocenters. The van der Waals surface area contributed by atoms with Crippen molar-refractivity contribution in [2.24, 2.45) is 5.10 Å². The molecule has 2 aliphatic heterocycles. The van der Waals surface area contributed by atoms with E-state index >= 15 is 0 Å². The highest BCUT2D eigenvalue weighted by atomic mass is 35.5. The minimum absolute atomic E-state index is 0.114. The molecule has 8 heteroatoms. The summed E-state index contributed by atoms with van der Waals surface area (Å²) in [5.74, 6) is 1.89. The fourth-order valence-electron chi connectivity index (χ4n) is 2.42. The zero-order valence-corrected chi connectivity index (χ0v) is 13.7. The van der Waals surface area contributed by atoms with Crippen molar-refractivity contribution in [3.63, 3.8) is 0 Å². The number of carbonyl (C=O) groups excluding carboxylic acids is 1. The van der Waals surface area contributed by atoms with Gasteiger partial charge in [0.15, 0.2) is 23.0 Å². The molecule has 0 saturated heterocycles. The summed E-state index contributed by atoms with van der Waals surface area (Å²) in [7, 11) is 0. The second-order valence-electron chi connectivity index (χ2n) is 5.33. The zero-order chi connectivity index (χ0) is 17.2. The smallest absolute Gasteiger partial charge is 0.284 e. The minimum atomic E-state index is -0.778. The lowest BCUT2D eigenvalue weighted by molar-refractivity contribution is -0.130. The predicted molar refractivity (Wildman–Crippen MR) is 89.7 cm³/mol. The molecule has 0 saturated carbocycles. The molecule has 2 aromatic carbocycles. The van der Waals surface area contributed by atoms with Crippen LogP contribution >= 0.6 is 11.6 Å². The topological polar surface area (TPSA) is 78.4 Å². The standard InChI is InChI=1S/C17H13ClN2O5/c18-11-6-15-14(23-9-24-15)5-10(11)7-19-20-17(21)16-8-22-12-3-1-2-4-13(12)25-16/h1-7,16H,8-9H2,(H,20,21)/b19-7-/t16-/m1/s1. The van der Waals surface area contributed by atoms with Crippen molar-refractivity contribution in [1.82, 2.24) is 5.43 Å². The van der Waals surface area contributed by atoms with Gasteiger partial charge in [0.2, 0.25) is 12.9 Å². The number of hydrogen-bond donors (Lipinski definition) is 1. The SMILES string of the molecule is O=C(N/N=C\c1cc2c(cc1Cl)OCO2)[C@H]1COc2ccccc2O1. The number of carbonyl (C=O) groups is 1. The zero-order valence-electron chi connectivity index (χ0n) is 12.9. The maximum Gasteiger partial charge on any atom is 0.284 e. The van der Waals surface area contributed by atoms with Crippen LogP contribution in [-0.2, 0) is 4.79 Å². The van der Waals surface area contributed by atoms with Crippen molar-refractivity contribution in [1.29, 1.82) is 0 Å². The van der Waals surface area contributed by atoms with Crippen LogP contribution in [0.5, 0.6) is 23.0 Å². The van der Waals surface area contributed by atoms with Crippen molar-refractivity contribution < 1.29 is 23.7 Å². The van der Waals surface area contributed by atoms with Gasteiger partial charge in [-0.2, -0.15) is 5.10 Å². The van der Waals surface area contributed by atoms with Crippen LogP contribution in [0.25, 0.3) is 0 Å². The van der Waals surface area contributed by atoms with Crippen molar-refractivity contribution in [3.05, 3.63) is 47.0 Å². The normalized spacial score (nSPS) is 17.6. The highest BCUT2D eigenvalue weighted by Crippen LogP contribution is 2.36. The Labute approximate surface area is 148 Å². The summed E-state index contributed by atoms with van der Waals surface area (Å²) < 4.78 is 21.6. The molecule has 2 aliphatic rings. The summed E-state index contributed by atoms with van der Waals surface area (Å²) in [5, 5.41) is 4.36. The second kappa shape index (κ2) is 6.52. The molecule has 2 heterocycles. The Bertz CT molecular complexity index is 855. The molecule has 0 bridgehead atoms. The molecule has 1 N–H and O–H groups in total. The van der Waals surface area contributed by atoms with E-state index in [0.717, 1.165) is 0 Å². The first-order chi connectivity index (χ1) is 12.2. The molecular weight excluding hydrogens is 348 g/mol. The van der Waals surface area contributed by atoms with Crippen LogP contribution in [0.1, 0.15) is 5.56 Å². The van der Waals surface area contributed by atoms with Crippen LogP contribution in [-0.4, -0.2) is 31.6 Å². The molecule has 0 aliphatic carbocycles. The summed E-state index contributed by atoms with van der Waals surface area (Å²) in [4.78, 5) is 12.2. The van der Waals surface area contributed by atoms with Gasteiger partial charge in [0.05, 0.1) is 11.2 Å². The monoisotopic (exact) mass is 360 g/mol. The second-order valence-corrected chi connectivity index (χ2v) is 5.73. The molecule has 2 aromatic rings. The van der Waals surface area contributed by atoms with E-state index in [2.05, 4.69) is 10.5 Å². The average Bonchev–Trinajstić information content (AvgIpc) is 3.08. The van der Waals surface area contributed by atoms with Gasteiger partial charge in [-0.15, -0.1) is 0 Å². The van der Waals surface area contributed by atoms with E-state index in [1.54, 1.807) is 24.3 Å². The van der Waals surface area contributed by atoms with E-state index in [-0.39, 0.29) is 13.4 Å². The van der Waals surface area contributed by atoms with Crippen molar-refractivity contribution in [2.45, 2.75) is 6.10 Å². The number of hydrazone groups is 1. The summed E-state index contributed by atoms with van der Waals surface area (Å²) in [6.45, 7) is 0.270. The van der Waals surface area contributed by atoms with E-state index in [4.69, 9.17) is 30.5 Å². The highest BCUT2D eigenvalue weighted by Gasteiger charge is 2.27. The van der Waals surface area contributed by atoms with Crippen LogP contribution in [0.2, 0.25) is 5.02 Å². The molecular formula is C17H13ClN2O5. The third-order valence-corrected chi connectivity index (χ3v) is 4.00. The molecule has 0 unspecified atom stereocenters. The summed E-state index contributed by atoms with van der Waals surface area (Å²) in [6.07, 6.45) is 0.652. The first-order valence-corrected chi connectivity index (χ1v) is 7.89. The average molecular weight is 361 g/mol. The fourth-order valence-corrected chi connectivity index (χ4v) is 2.62. The molecule has 0 radical (unpaired) electrons. The Morgan fingerprint density at radius 3 is 2.72 bits per heavy atom. The number of amides is 1. The molecule has 128 valence electrons. The van der Waals surface area contributed by atoms with Gasteiger partial charge in [-0.25, -0.2) is 5.43 Å². The lowest BCUT2D eigenvalue weighted by atomic mass is 10.2. The first-order valence-electron chi connectivity index (χ1n) is 7.51. The Balaban J connectivity index is 1.40.